The summed E-state index contributed by atoms with van der Waals surface area (Å²) >= 11 is 0. The highest BCUT2D eigenvalue weighted by Gasteiger charge is 2.03. The van der Waals surface area contributed by atoms with Gasteiger partial charge in [0.1, 0.15) is 0 Å². The normalized spacial score (nSPS) is 11.4. The van der Waals surface area contributed by atoms with Crippen molar-refractivity contribution in [2.45, 2.75) is 58.8 Å². The molecular formula is C21H29N3O4. The Labute approximate surface area is 165 Å². The second kappa shape index (κ2) is 13.2. The van der Waals surface area contributed by atoms with Crippen LogP contribution in [0.1, 0.15) is 64.4 Å². The Morgan fingerprint density at radius 3 is 2.29 bits per heavy atom. The lowest BCUT2D eigenvalue weighted by atomic mass is 10.1. The van der Waals surface area contributed by atoms with Gasteiger partial charge in [-0.25, -0.2) is 10.2 Å². The highest BCUT2D eigenvalue weighted by molar-refractivity contribution is 6.03. The van der Waals surface area contributed by atoms with Crippen LogP contribution in [-0.2, 0) is 14.4 Å². The van der Waals surface area contributed by atoms with E-state index in [9.17, 15) is 14.4 Å². The maximum atomic E-state index is 11.8. The Kier molecular flexibility index (Phi) is 10.9. The molecule has 1 rings (SSSR count). The number of carboxylic acids is 1. The molecule has 0 heterocycles. The van der Waals surface area contributed by atoms with Crippen LogP contribution in [0.2, 0.25) is 0 Å². The van der Waals surface area contributed by atoms with Gasteiger partial charge in [0.25, 0.3) is 0 Å². The number of unbranched alkanes of at least 4 members (excludes halogenated alkanes) is 5. The van der Waals surface area contributed by atoms with E-state index in [4.69, 9.17) is 5.11 Å². The van der Waals surface area contributed by atoms with Gasteiger partial charge in [0.05, 0.1) is 5.71 Å². The number of rotatable bonds is 12. The number of amides is 2. The molecule has 0 unspecified atom stereocenters. The Bertz CT molecular complexity index is 709. The van der Waals surface area contributed by atoms with Crippen molar-refractivity contribution in [3.8, 4) is 0 Å². The van der Waals surface area contributed by atoms with Crippen LogP contribution in [0, 0.1) is 0 Å². The smallest absolute Gasteiger partial charge is 0.328 e. The minimum Gasteiger partial charge on any atom is -0.478 e. The number of carbonyl (C=O) groups excluding carboxylic acids is 2. The summed E-state index contributed by atoms with van der Waals surface area (Å²) in [5.41, 5.74) is 4.56. The fraction of sp³-hybridized carbons (Fsp3) is 0.429. The van der Waals surface area contributed by atoms with E-state index < -0.39 is 11.9 Å². The van der Waals surface area contributed by atoms with Crippen LogP contribution in [-0.4, -0.2) is 28.6 Å². The molecule has 0 fully saturated rings. The van der Waals surface area contributed by atoms with Gasteiger partial charge in [-0.1, -0.05) is 51.2 Å². The van der Waals surface area contributed by atoms with E-state index in [0.29, 0.717) is 17.8 Å². The Morgan fingerprint density at radius 2 is 1.64 bits per heavy atom. The van der Waals surface area contributed by atoms with Crippen LogP contribution < -0.4 is 10.7 Å². The minimum absolute atomic E-state index is 0.0936. The minimum atomic E-state index is -1.18. The number of carboxylic acid groups (broad SMARTS) is 1. The Hall–Kier alpha value is -2.96. The molecule has 7 nitrogen and oxygen atoms in total. The molecule has 152 valence electrons. The van der Waals surface area contributed by atoms with Crippen molar-refractivity contribution in [2.24, 2.45) is 5.10 Å². The lowest BCUT2D eigenvalue weighted by molar-refractivity contribution is -0.131. The number of hydrogen-bond acceptors (Lipinski definition) is 4. The van der Waals surface area contributed by atoms with E-state index in [2.05, 4.69) is 22.8 Å². The molecule has 0 spiro atoms. The molecule has 0 aliphatic heterocycles. The summed E-state index contributed by atoms with van der Waals surface area (Å²) in [6.07, 6.45) is 8.97. The van der Waals surface area contributed by atoms with Gasteiger partial charge < -0.3 is 10.4 Å². The topological polar surface area (TPSA) is 108 Å². The SMILES string of the molecule is CCCCCCCCC(=O)NN=C(C)c1ccc(NC(=O)C=CC(=O)O)cc1. The zero-order valence-electron chi connectivity index (χ0n) is 16.5. The molecule has 0 aliphatic carbocycles. The number of aliphatic carboxylic acids is 1. The standard InChI is InChI=1S/C21H29N3O4/c1-3-4-5-6-7-8-9-20(26)24-23-16(2)17-10-12-18(13-11-17)22-19(25)14-15-21(27)28/h10-15H,3-9H2,1-2H3,(H,22,25)(H,24,26)(H,27,28). The van der Waals surface area contributed by atoms with Gasteiger partial charge in [-0.2, -0.15) is 5.10 Å². The summed E-state index contributed by atoms with van der Waals surface area (Å²) in [4.78, 5) is 33.8. The van der Waals surface area contributed by atoms with Crippen molar-refractivity contribution < 1.29 is 19.5 Å². The molecule has 3 N–H and O–H groups in total. The largest absolute Gasteiger partial charge is 0.478 e. The molecule has 0 bridgehead atoms. The van der Waals surface area contributed by atoms with Gasteiger partial charge in [-0.3, -0.25) is 9.59 Å². The summed E-state index contributed by atoms with van der Waals surface area (Å²) in [5, 5.41) is 15.2. The highest BCUT2D eigenvalue weighted by atomic mass is 16.4. The van der Waals surface area contributed by atoms with E-state index in [1.165, 1.54) is 25.7 Å². The number of hydrogen-bond donors (Lipinski definition) is 3. The second-order valence-electron chi connectivity index (χ2n) is 6.49. The van der Waals surface area contributed by atoms with Crippen LogP contribution in [0.15, 0.2) is 41.5 Å². The zero-order chi connectivity index (χ0) is 20.8. The van der Waals surface area contributed by atoms with Crippen LogP contribution in [0.5, 0.6) is 0 Å². The van der Waals surface area contributed by atoms with Crippen LogP contribution in [0.25, 0.3) is 0 Å². The molecule has 0 saturated heterocycles. The van der Waals surface area contributed by atoms with Gasteiger partial charge in [0.2, 0.25) is 11.8 Å². The van der Waals surface area contributed by atoms with Gasteiger partial charge in [0.15, 0.2) is 0 Å². The van der Waals surface area contributed by atoms with Crippen LogP contribution in [0.3, 0.4) is 0 Å². The lowest BCUT2D eigenvalue weighted by Gasteiger charge is -2.06. The predicted octanol–water partition coefficient (Wildman–Crippen LogP) is 3.86. The van der Waals surface area contributed by atoms with Gasteiger partial charge in [-0.15, -0.1) is 0 Å². The first-order valence-corrected chi connectivity index (χ1v) is 9.58. The molecule has 1 aromatic carbocycles. The number of anilines is 1. The van der Waals surface area contributed by atoms with Crippen molar-refractivity contribution in [3.05, 3.63) is 42.0 Å². The fourth-order valence-electron chi connectivity index (χ4n) is 2.46. The number of benzene rings is 1. The van der Waals surface area contributed by atoms with E-state index in [1.807, 2.05) is 0 Å². The summed E-state index contributed by atoms with van der Waals surface area (Å²) < 4.78 is 0. The van der Waals surface area contributed by atoms with Crippen molar-refractivity contribution in [2.75, 3.05) is 5.32 Å². The van der Waals surface area contributed by atoms with E-state index >= 15 is 0 Å². The lowest BCUT2D eigenvalue weighted by Crippen LogP contribution is -2.18. The fourth-order valence-corrected chi connectivity index (χ4v) is 2.46. The summed E-state index contributed by atoms with van der Waals surface area (Å²) in [6, 6.07) is 6.88. The highest BCUT2D eigenvalue weighted by Crippen LogP contribution is 2.11. The maximum absolute atomic E-state index is 11.8. The van der Waals surface area contributed by atoms with Crippen molar-refractivity contribution in [1.82, 2.24) is 5.43 Å². The van der Waals surface area contributed by atoms with Crippen LogP contribution >= 0.6 is 0 Å². The molecule has 0 atom stereocenters. The Balaban J connectivity index is 2.42. The maximum Gasteiger partial charge on any atom is 0.328 e. The average Bonchev–Trinajstić information content (AvgIpc) is 2.67. The molecule has 28 heavy (non-hydrogen) atoms. The van der Waals surface area contributed by atoms with Crippen LogP contribution in [0.4, 0.5) is 5.69 Å². The third-order valence-electron chi connectivity index (χ3n) is 4.05. The van der Waals surface area contributed by atoms with E-state index in [1.54, 1.807) is 31.2 Å². The van der Waals surface area contributed by atoms with Crippen molar-refractivity contribution in [3.63, 3.8) is 0 Å². The number of hydrazone groups is 1. The molecular weight excluding hydrogens is 358 g/mol. The second-order valence-corrected chi connectivity index (χ2v) is 6.49. The third-order valence-corrected chi connectivity index (χ3v) is 4.05. The van der Waals surface area contributed by atoms with Crippen molar-refractivity contribution in [1.29, 1.82) is 0 Å². The number of carbonyl (C=O) groups is 3. The predicted molar refractivity (Wildman–Crippen MR) is 110 cm³/mol. The number of nitrogens with zero attached hydrogens (tertiary/aromatic N) is 1. The molecule has 0 radical (unpaired) electrons. The zero-order valence-corrected chi connectivity index (χ0v) is 16.5. The van der Waals surface area contributed by atoms with Gasteiger partial charge in [-0.05, 0) is 31.0 Å². The third kappa shape index (κ3) is 10.3. The molecule has 0 aliphatic rings. The average molecular weight is 387 g/mol. The summed E-state index contributed by atoms with van der Waals surface area (Å²) in [5.74, 6) is -1.80. The molecule has 2 amide bonds. The molecule has 0 aromatic heterocycles. The molecule has 7 heteroatoms. The van der Waals surface area contributed by atoms with E-state index in [0.717, 1.165) is 30.6 Å². The van der Waals surface area contributed by atoms with Gasteiger partial charge >= 0.3 is 5.97 Å². The molecule has 0 saturated carbocycles. The summed E-state index contributed by atoms with van der Waals surface area (Å²) in [7, 11) is 0. The first kappa shape index (κ1) is 23.1. The monoisotopic (exact) mass is 387 g/mol. The summed E-state index contributed by atoms with van der Waals surface area (Å²) in [6.45, 7) is 3.96. The van der Waals surface area contributed by atoms with Gasteiger partial charge in [0, 0.05) is 24.3 Å². The first-order chi connectivity index (χ1) is 13.4. The Morgan fingerprint density at radius 1 is 1.00 bits per heavy atom. The van der Waals surface area contributed by atoms with Crippen molar-refractivity contribution >= 4 is 29.2 Å². The molecule has 1 aromatic rings. The number of nitrogens with one attached hydrogen (secondary N) is 2. The quantitative estimate of drug-likeness (QED) is 0.219. The van der Waals surface area contributed by atoms with E-state index in [-0.39, 0.29) is 5.91 Å². The first-order valence-electron chi connectivity index (χ1n) is 9.58.